The molecule has 3 heteroatoms. The molecule has 1 saturated carbocycles. The van der Waals surface area contributed by atoms with Gasteiger partial charge in [0.15, 0.2) is 0 Å². The Bertz CT molecular complexity index is 254. The second kappa shape index (κ2) is 4.89. The first-order chi connectivity index (χ1) is 6.90. The highest BCUT2D eigenvalue weighted by molar-refractivity contribution is 7.09. The lowest BCUT2D eigenvalue weighted by Crippen LogP contribution is -2.32. The summed E-state index contributed by atoms with van der Waals surface area (Å²) in [6.07, 6.45) is 7.10. The van der Waals surface area contributed by atoms with E-state index in [-0.39, 0.29) is 0 Å². The molecular formula is C11H18N2S. The van der Waals surface area contributed by atoms with Gasteiger partial charge in [0.2, 0.25) is 0 Å². The topological polar surface area (TPSA) is 24.9 Å². The molecule has 1 heterocycles. The first-order valence-corrected chi connectivity index (χ1v) is 6.40. The summed E-state index contributed by atoms with van der Waals surface area (Å²) in [5, 5.41) is 6.94. The van der Waals surface area contributed by atoms with Gasteiger partial charge < -0.3 is 5.32 Å². The molecule has 0 bridgehead atoms. The van der Waals surface area contributed by atoms with Gasteiger partial charge in [-0.15, -0.1) is 11.3 Å². The molecule has 1 unspecified atom stereocenters. The van der Waals surface area contributed by atoms with Crippen LogP contribution in [0.2, 0.25) is 0 Å². The Morgan fingerprint density at radius 3 is 3.07 bits per heavy atom. The van der Waals surface area contributed by atoms with Gasteiger partial charge in [-0.05, 0) is 25.2 Å². The third kappa shape index (κ3) is 2.79. The second-order valence-corrected chi connectivity index (χ2v) is 4.96. The average Bonchev–Trinajstić information content (AvgIpc) is 2.91. The minimum atomic E-state index is 0.759. The summed E-state index contributed by atoms with van der Waals surface area (Å²) in [5.74, 6) is 0.969. The Morgan fingerprint density at radius 2 is 2.50 bits per heavy atom. The van der Waals surface area contributed by atoms with Gasteiger partial charge in [0, 0.05) is 30.6 Å². The lowest BCUT2D eigenvalue weighted by atomic mass is 10.1. The Kier molecular flexibility index (Phi) is 3.54. The van der Waals surface area contributed by atoms with Gasteiger partial charge >= 0.3 is 0 Å². The van der Waals surface area contributed by atoms with Gasteiger partial charge in [0.05, 0.1) is 5.01 Å². The number of nitrogens with one attached hydrogen (secondary N) is 1. The Hall–Kier alpha value is -0.410. The van der Waals surface area contributed by atoms with E-state index >= 15 is 0 Å². The van der Waals surface area contributed by atoms with Crippen molar-refractivity contribution in [1.29, 1.82) is 0 Å². The lowest BCUT2D eigenvalue weighted by molar-refractivity contribution is 0.453. The predicted octanol–water partition coefficient (Wildman–Crippen LogP) is 2.46. The maximum absolute atomic E-state index is 4.28. The molecule has 1 fully saturated rings. The van der Waals surface area contributed by atoms with Crippen LogP contribution in [0.25, 0.3) is 0 Å². The number of thiazole rings is 1. The van der Waals surface area contributed by atoms with E-state index in [2.05, 4.69) is 17.2 Å². The molecule has 1 aromatic heterocycles. The highest BCUT2D eigenvalue weighted by Gasteiger charge is 2.29. The molecular weight excluding hydrogens is 192 g/mol. The van der Waals surface area contributed by atoms with E-state index in [1.54, 1.807) is 11.3 Å². The molecule has 0 radical (unpaired) electrons. The zero-order chi connectivity index (χ0) is 9.80. The molecule has 0 aromatic carbocycles. The van der Waals surface area contributed by atoms with Crippen molar-refractivity contribution in [2.24, 2.45) is 5.92 Å². The largest absolute Gasteiger partial charge is 0.313 e. The van der Waals surface area contributed by atoms with Crippen LogP contribution < -0.4 is 5.32 Å². The molecule has 1 aromatic rings. The fraction of sp³-hybridized carbons (Fsp3) is 0.727. The van der Waals surface area contributed by atoms with Crippen molar-refractivity contribution in [3.63, 3.8) is 0 Å². The van der Waals surface area contributed by atoms with Crippen molar-refractivity contribution in [2.75, 3.05) is 6.54 Å². The van der Waals surface area contributed by atoms with Crippen LogP contribution in [-0.2, 0) is 6.42 Å². The van der Waals surface area contributed by atoms with Crippen molar-refractivity contribution in [3.05, 3.63) is 16.6 Å². The number of hydrogen-bond acceptors (Lipinski definition) is 3. The summed E-state index contributed by atoms with van der Waals surface area (Å²) < 4.78 is 0. The lowest BCUT2D eigenvalue weighted by Gasteiger charge is -2.15. The van der Waals surface area contributed by atoms with E-state index in [1.807, 2.05) is 11.6 Å². The van der Waals surface area contributed by atoms with Gasteiger partial charge in [-0.2, -0.15) is 0 Å². The highest BCUT2D eigenvalue weighted by atomic mass is 32.1. The summed E-state index contributed by atoms with van der Waals surface area (Å²) in [7, 11) is 0. The maximum atomic E-state index is 4.28. The third-order valence-corrected chi connectivity index (χ3v) is 3.70. The highest BCUT2D eigenvalue weighted by Crippen LogP contribution is 2.33. The quantitative estimate of drug-likeness (QED) is 0.780. The van der Waals surface area contributed by atoms with Gasteiger partial charge in [-0.3, -0.25) is 0 Å². The first-order valence-electron chi connectivity index (χ1n) is 5.52. The molecule has 1 aliphatic carbocycles. The Labute approximate surface area is 89.8 Å². The number of rotatable bonds is 6. The molecule has 1 aliphatic rings. The molecule has 0 amide bonds. The third-order valence-electron chi connectivity index (χ3n) is 2.86. The second-order valence-electron chi connectivity index (χ2n) is 3.98. The summed E-state index contributed by atoms with van der Waals surface area (Å²) in [4.78, 5) is 4.28. The van der Waals surface area contributed by atoms with Crippen molar-refractivity contribution in [2.45, 2.75) is 38.6 Å². The molecule has 0 aliphatic heterocycles. The molecule has 0 saturated heterocycles. The van der Waals surface area contributed by atoms with E-state index in [0.29, 0.717) is 0 Å². The number of hydrogen-bond donors (Lipinski definition) is 1. The van der Waals surface area contributed by atoms with Crippen molar-refractivity contribution in [1.82, 2.24) is 10.3 Å². The summed E-state index contributed by atoms with van der Waals surface area (Å²) in [6, 6.07) is 0.759. The van der Waals surface area contributed by atoms with Crippen molar-refractivity contribution >= 4 is 11.3 Å². The predicted molar refractivity (Wildman–Crippen MR) is 60.6 cm³/mol. The molecule has 0 spiro atoms. The standard InChI is InChI=1S/C11H18N2S/c1-2-10(9-3-4-9)12-6-5-11-13-7-8-14-11/h7-10,12H,2-6H2,1H3. The zero-order valence-corrected chi connectivity index (χ0v) is 9.52. The molecule has 2 rings (SSSR count). The van der Waals surface area contributed by atoms with Crippen LogP contribution in [0, 0.1) is 5.92 Å². The van der Waals surface area contributed by atoms with Gasteiger partial charge in [-0.1, -0.05) is 6.92 Å². The van der Waals surface area contributed by atoms with Gasteiger partial charge in [-0.25, -0.2) is 4.98 Å². The molecule has 78 valence electrons. The van der Waals surface area contributed by atoms with Crippen LogP contribution in [0.4, 0.5) is 0 Å². The fourth-order valence-corrected chi connectivity index (χ4v) is 2.50. The minimum Gasteiger partial charge on any atom is -0.313 e. The van der Waals surface area contributed by atoms with Crippen LogP contribution in [0.5, 0.6) is 0 Å². The normalized spacial score (nSPS) is 18.4. The van der Waals surface area contributed by atoms with E-state index in [4.69, 9.17) is 0 Å². The van der Waals surface area contributed by atoms with Gasteiger partial charge in [0.25, 0.3) is 0 Å². The van der Waals surface area contributed by atoms with Crippen LogP contribution in [0.3, 0.4) is 0 Å². The van der Waals surface area contributed by atoms with Crippen LogP contribution in [0.1, 0.15) is 31.2 Å². The van der Waals surface area contributed by atoms with E-state index < -0.39 is 0 Å². The number of nitrogens with zero attached hydrogens (tertiary/aromatic N) is 1. The monoisotopic (exact) mass is 210 g/mol. The maximum Gasteiger partial charge on any atom is 0.0937 e. The first kappa shape index (κ1) is 10.1. The summed E-state index contributed by atoms with van der Waals surface area (Å²) >= 11 is 1.76. The molecule has 1 atom stereocenters. The van der Waals surface area contributed by atoms with Gasteiger partial charge in [0.1, 0.15) is 0 Å². The summed E-state index contributed by atoms with van der Waals surface area (Å²) in [5.41, 5.74) is 0. The van der Waals surface area contributed by atoms with Crippen LogP contribution in [-0.4, -0.2) is 17.6 Å². The van der Waals surface area contributed by atoms with Crippen LogP contribution in [0.15, 0.2) is 11.6 Å². The van der Waals surface area contributed by atoms with E-state index in [1.165, 1.54) is 24.3 Å². The van der Waals surface area contributed by atoms with E-state index in [9.17, 15) is 0 Å². The molecule has 14 heavy (non-hydrogen) atoms. The average molecular weight is 210 g/mol. The van der Waals surface area contributed by atoms with Crippen molar-refractivity contribution in [3.8, 4) is 0 Å². The fourth-order valence-electron chi connectivity index (χ4n) is 1.88. The minimum absolute atomic E-state index is 0.759. The zero-order valence-electron chi connectivity index (χ0n) is 8.70. The Balaban J connectivity index is 1.66. The SMILES string of the molecule is CCC(NCCc1nccs1)C1CC1. The number of aromatic nitrogens is 1. The van der Waals surface area contributed by atoms with Crippen LogP contribution >= 0.6 is 11.3 Å². The molecule has 2 nitrogen and oxygen atoms in total. The molecule has 1 N–H and O–H groups in total. The summed E-state index contributed by atoms with van der Waals surface area (Å²) in [6.45, 7) is 3.36. The van der Waals surface area contributed by atoms with Crippen molar-refractivity contribution < 1.29 is 0 Å². The smallest absolute Gasteiger partial charge is 0.0937 e. The Morgan fingerprint density at radius 1 is 1.64 bits per heavy atom. The van der Waals surface area contributed by atoms with E-state index in [0.717, 1.165) is 24.9 Å².